The van der Waals surface area contributed by atoms with Gasteiger partial charge in [0.05, 0.1) is 0 Å². The van der Waals surface area contributed by atoms with Crippen LogP contribution >= 0.6 is 11.6 Å². The number of sulfone groups is 1. The van der Waals surface area contributed by atoms with Gasteiger partial charge in [0.2, 0.25) is 0 Å². The van der Waals surface area contributed by atoms with Gasteiger partial charge in [-0.15, -0.1) is 0 Å². The van der Waals surface area contributed by atoms with Crippen LogP contribution in [0.2, 0.25) is 0 Å². The van der Waals surface area contributed by atoms with Gasteiger partial charge in [-0.1, -0.05) is 55.3 Å². The van der Waals surface area contributed by atoms with E-state index in [2.05, 4.69) is 0 Å². The Bertz CT molecular complexity index is 513. The molecule has 0 aromatic heterocycles. The lowest BCUT2D eigenvalue weighted by Crippen LogP contribution is -2.39. The second-order valence-corrected chi connectivity index (χ2v) is 7.79. The molecule has 0 aliphatic carbocycles. The van der Waals surface area contributed by atoms with Crippen LogP contribution in [0.4, 0.5) is 0 Å². The Labute approximate surface area is 114 Å². The molecule has 1 rings (SSSR count). The predicted octanol–water partition coefficient (Wildman–Crippen LogP) is 2.81. The number of alkyl halides is 1. The zero-order valence-corrected chi connectivity index (χ0v) is 12.4. The average molecular weight is 291 g/mol. The van der Waals surface area contributed by atoms with E-state index in [0.29, 0.717) is 5.56 Å². The third kappa shape index (κ3) is 2.71. The summed E-state index contributed by atoms with van der Waals surface area (Å²) in [6, 6.07) is 7.10. The van der Waals surface area contributed by atoms with Crippen molar-refractivity contribution in [2.24, 2.45) is 0 Å². The molecule has 1 aromatic carbocycles. The summed E-state index contributed by atoms with van der Waals surface area (Å²) >= 11 is 6.21. The molecule has 3 nitrogen and oxygen atoms in total. The van der Waals surface area contributed by atoms with E-state index in [4.69, 9.17) is 11.6 Å². The van der Waals surface area contributed by atoms with Gasteiger partial charge in [-0.3, -0.25) is 0 Å². The summed E-state index contributed by atoms with van der Waals surface area (Å²) < 4.78 is 22.5. The fraction of sp³-hybridized carbons (Fsp3) is 0.538. The minimum absolute atomic E-state index is 0.0901. The predicted molar refractivity (Wildman–Crippen MR) is 74.5 cm³/mol. The normalized spacial score (nSPS) is 17.2. The number of halogens is 1. The Kier molecular flexibility index (Phi) is 4.81. The molecule has 0 saturated heterocycles. The van der Waals surface area contributed by atoms with Crippen LogP contribution in [0, 0.1) is 6.92 Å². The zero-order chi connectivity index (χ0) is 14.0. The summed E-state index contributed by atoms with van der Waals surface area (Å²) in [4.78, 5) is 0. The maximum Gasteiger partial charge on any atom is 0.175 e. The highest BCUT2D eigenvalue weighted by molar-refractivity contribution is 7.94. The van der Waals surface area contributed by atoms with E-state index in [9.17, 15) is 13.5 Å². The first-order valence-corrected chi connectivity index (χ1v) is 7.97. The number of benzene rings is 1. The largest absolute Gasteiger partial charge is 0.385 e. The molecule has 1 N–H and O–H groups in total. The first-order valence-electron chi connectivity index (χ1n) is 5.94. The third-order valence-electron chi connectivity index (χ3n) is 3.15. The van der Waals surface area contributed by atoms with Crippen LogP contribution in [-0.4, -0.2) is 23.5 Å². The van der Waals surface area contributed by atoms with Gasteiger partial charge in [-0.05, 0) is 18.9 Å². The van der Waals surface area contributed by atoms with Gasteiger partial charge in [0, 0.05) is 5.75 Å². The Balaban J connectivity index is 3.26. The maximum absolute atomic E-state index is 12.1. The molecule has 0 aliphatic rings. The highest BCUT2D eigenvalue weighted by Crippen LogP contribution is 2.40. The molecule has 0 radical (unpaired) electrons. The molecule has 0 amide bonds. The minimum Gasteiger partial charge on any atom is -0.385 e. The highest BCUT2D eigenvalue weighted by Gasteiger charge is 2.46. The zero-order valence-electron chi connectivity index (χ0n) is 10.9. The number of aliphatic hydroxyl groups is 1. The fourth-order valence-electron chi connectivity index (χ4n) is 1.91. The summed E-state index contributed by atoms with van der Waals surface area (Å²) in [6.45, 7) is 5.08. The molecule has 18 heavy (non-hydrogen) atoms. The van der Waals surface area contributed by atoms with E-state index in [1.807, 2.05) is 13.0 Å². The summed E-state index contributed by atoms with van der Waals surface area (Å²) in [6.07, 6.45) is -1.08. The maximum atomic E-state index is 12.1. The lowest BCUT2D eigenvalue weighted by Gasteiger charge is -2.30. The molecule has 2 unspecified atom stereocenters. The van der Waals surface area contributed by atoms with E-state index in [1.54, 1.807) is 25.1 Å². The second kappa shape index (κ2) is 5.59. The van der Waals surface area contributed by atoms with E-state index >= 15 is 0 Å². The standard InChI is InChI=1S/C13H19ClO3S/c1-4-13(14,18(16,17)5-2)12(15)11-8-6-7-10(3)9-11/h6-9,12,15H,4-5H2,1-3H3. The molecule has 0 bridgehead atoms. The van der Waals surface area contributed by atoms with Crippen LogP contribution in [-0.2, 0) is 9.84 Å². The van der Waals surface area contributed by atoms with Crippen molar-refractivity contribution in [2.45, 2.75) is 37.5 Å². The molecule has 5 heteroatoms. The molecule has 1 aromatic rings. The molecule has 0 spiro atoms. The number of aryl methyl sites for hydroxylation is 1. The van der Waals surface area contributed by atoms with Crippen molar-refractivity contribution < 1.29 is 13.5 Å². The number of rotatable bonds is 5. The van der Waals surface area contributed by atoms with Crippen LogP contribution in [0.3, 0.4) is 0 Å². The van der Waals surface area contributed by atoms with Crippen molar-refractivity contribution in [3.8, 4) is 0 Å². The Hall–Kier alpha value is -0.580. The van der Waals surface area contributed by atoms with Crippen molar-refractivity contribution >= 4 is 21.4 Å². The first-order chi connectivity index (χ1) is 8.28. The van der Waals surface area contributed by atoms with Crippen molar-refractivity contribution in [1.82, 2.24) is 0 Å². The van der Waals surface area contributed by atoms with E-state index in [-0.39, 0.29) is 12.2 Å². The minimum atomic E-state index is -3.55. The molecule has 0 saturated carbocycles. The summed E-state index contributed by atoms with van der Waals surface area (Å²) in [7, 11) is -3.55. The molecule has 0 fully saturated rings. The number of aliphatic hydroxyl groups excluding tert-OH is 1. The lowest BCUT2D eigenvalue weighted by atomic mass is 10.0. The third-order valence-corrected chi connectivity index (χ3v) is 6.63. The molecule has 0 heterocycles. The highest BCUT2D eigenvalue weighted by atomic mass is 35.5. The van der Waals surface area contributed by atoms with Crippen LogP contribution < -0.4 is 0 Å². The summed E-state index contributed by atoms with van der Waals surface area (Å²) in [5, 5.41) is 10.3. The summed E-state index contributed by atoms with van der Waals surface area (Å²) in [5.41, 5.74) is 1.49. The van der Waals surface area contributed by atoms with Gasteiger partial charge >= 0.3 is 0 Å². The number of hydrogen-bond donors (Lipinski definition) is 1. The molecular weight excluding hydrogens is 272 g/mol. The van der Waals surface area contributed by atoms with Crippen LogP contribution in [0.25, 0.3) is 0 Å². The molecular formula is C13H19ClO3S. The van der Waals surface area contributed by atoms with Gasteiger partial charge < -0.3 is 5.11 Å². The van der Waals surface area contributed by atoms with E-state index < -0.39 is 20.1 Å². The average Bonchev–Trinajstić information content (AvgIpc) is 2.36. The van der Waals surface area contributed by atoms with Crippen molar-refractivity contribution in [3.63, 3.8) is 0 Å². The van der Waals surface area contributed by atoms with Crippen molar-refractivity contribution in [2.75, 3.05) is 5.75 Å². The van der Waals surface area contributed by atoms with Crippen molar-refractivity contribution in [3.05, 3.63) is 35.4 Å². The molecule has 2 atom stereocenters. The first kappa shape index (κ1) is 15.5. The SMILES string of the molecule is CCC(Cl)(C(O)c1cccc(C)c1)S(=O)(=O)CC. The van der Waals surface area contributed by atoms with Gasteiger partial charge in [0.1, 0.15) is 6.10 Å². The summed E-state index contributed by atoms with van der Waals surface area (Å²) in [5.74, 6) is -0.0901. The fourth-order valence-corrected chi connectivity index (χ4v) is 3.76. The monoisotopic (exact) mass is 290 g/mol. The lowest BCUT2D eigenvalue weighted by molar-refractivity contribution is 0.154. The Morgan fingerprint density at radius 2 is 2.00 bits per heavy atom. The van der Waals surface area contributed by atoms with E-state index in [0.717, 1.165) is 5.56 Å². The van der Waals surface area contributed by atoms with Crippen LogP contribution in [0.1, 0.15) is 37.5 Å². The Morgan fingerprint density at radius 1 is 1.39 bits per heavy atom. The van der Waals surface area contributed by atoms with Gasteiger partial charge in [0.15, 0.2) is 14.0 Å². The van der Waals surface area contributed by atoms with Crippen LogP contribution in [0.5, 0.6) is 0 Å². The molecule has 102 valence electrons. The Morgan fingerprint density at radius 3 is 2.44 bits per heavy atom. The van der Waals surface area contributed by atoms with Crippen molar-refractivity contribution in [1.29, 1.82) is 0 Å². The number of hydrogen-bond acceptors (Lipinski definition) is 3. The second-order valence-electron chi connectivity index (χ2n) is 4.36. The quantitative estimate of drug-likeness (QED) is 0.849. The smallest absolute Gasteiger partial charge is 0.175 e. The van der Waals surface area contributed by atoms with Gasteiger partial charge in [0.25, 0.3) is 0 Å². The van der Waals surface area contributed by atoms with Gasteiger partial charge in [-0.2, -0.15) is 0 Å². The topological polar surface area (TPSA) is 54.4 Å². The van der Waals surface area contributed by atoms with Crippen LogP contribution in [0.15, 0.2) is 24.3 Å². The molecule has 0 aliphatic heterocycles. The van der Waals surface area contributed by atoms with Gasteiger partial charge in [-0.25, -0.2) is 8.42 Å². The van der Waals surface area contributed by atoms with E-state index in [1.165, 1.54) is 6.92 Å².